The van der Waals surface area contributed by atoms with Crippen LogP contribution < -0.4 is 10.6 Å². The average Bonchev–Trinajstić information content (AvgIpc) is 3.21. The molecule has 5 nitrogen and oxygen atoms in total. The van der Waals surface area contributed by atoms with Gasteiger partial charge in [-0.3, -0.25) is 0 Å². The van der Waals surface area contributed by atoms with Crippen molar-refractivity contribution in [3.05, 3.63) is 35.6 Å². The minimum absolute atomic E-state index is 0. The molecular weight excluding hydrogens is 453 g/mol. The monoisotopic (exact) mass is 483 g/mol. The van der Waals surface area contributed by atoms with Gasteiger partial charge in [0.05, 0.1) is 6.10 Å². The zero-order valence-corrected chi connectivity index (χ0v) is 18.9. The first-order valence-electron chi connectivity index (χ1n) is 9.65. The first-order chi connectivity index (χ1) is 12.5. The lowest BCUT2D eigenvalue weighted by Gasteiger charge is -2.54. The molecule has 0 amide bonds. The van der Waals surface area contributed by atoms with Crippen molar-refractivity contribution in [3.63, 3.8) is 0 Å². The molecule has 1 saturated heterocycles. The number of hydrogen-bond donors (Lipinski definition) is 2. The number of fused-ring (bicyclic) bond motifs is 2. The van der Waals surface area contributed by atoms with E-state index in [2.05, 4.69) is 44.4 Å². The van der Waals surface area contributed by atoms with Crippen molar-refractivity contribution < 1.29 is 9.15 Å². The van der Waals surface area contributed by atoms with Crippen LogP contribution in [0.5, 0.6) is 0 Å². The topological polar surface area (TPSA) is 58.8 Å². The summed E-state index contributed by atoms with van der Waals surface area (Å²) in [6, 6.07) is 8.55. The summed E-state index contributed by atoms with van der Waals surface area (Å²) in [5.41, 5.74) is 2.24. The van der Waals surface area contributed by atoms with Crippen LogP contribution in [0.25, 0.3) is 11.0 Å². The number of furan rings is 1. The maximum atomic E-state index is 6.00. The third-order valence-corrected chi connectivity index (χ3v) is 6.06. The fourth-order valence-electron chi connectivity index (χ4n) is 4.61. The fraction of sp³-hybridized carbons (Fsp3) is 0.571. The molecule has 3 unspecified atom stereocenters. The predicted octanol–water partition coefficient (Wildman–Crippen LogP) is 4.23. The molecule has 3 atom stereocenters. The quantitative estimate of drug-likeness (QED) is 0.389. The van der Waals surface area contributed by atoms with Gasteiger partial charge in [-0.05, 0) is 26.3 Å². The van der Waals surface area contributed by atoms with Crippen molar-refractivity contribution in [2.45, 2.75) is 52.8 Å². The number of benzene rings is 1. The Morgan fingerprint density at radius 3 is 2.81 bits per heavy atom. The second-order valence-corrected chi connectivity index (χ2v) is 8.03. The molecule has 2 aromatic rings. The molecule has 2 fully saturated rings. The molecule has 0 spiro atoms. The van der Waals surface area contributed by atoms with Crippen molar-refractivity contribution in [2.24, 2.45) is 16.3 Å². The Morgan fingerprint density at radius 2 is 2.07 bits per heavy atom. The molecule has 2 heterocycles. The molecule has 2 aliphatic rings. The van der Waals surface area contributed by atoms with Crippen LogP contribution in [-0.4, -0.2) is 31.3 Å². The molecule has 0 bridgehead atoms. The minimum atomic E-state index is 0. The largest absolute Gasteiger partial charge is 0.459 e. The Kier molecular flexibility index (Phi) is 6.05. The van der Waals surface area contributed by atoms with Gasteiger partial charge in [-0.15, -0.1) is 24.0 Å². The second kappa shape index (κ2) is 7.99. The standard InChI is InChI=1S/C21H29N3O2.HI/c1-5-22-20(24-18-15-10-11-25-19(15)21(18,3)4)23-12-17-13(2)14-8-6-7-9-16(14)26-17;/h6-9,15,18-19H,5,10-12H2,1-4H3,(H2,22,23,24);1H. The lowest BCUT2D eigenvalue weighted by Crippen LogP contribution is -2.67. The Balaban J connectivity index is 0.00000210. The average molecular weight is 483 g/mol. The highest BCUT2D eigenvalue weighted by Gasteiger charge is 2.59. The van der Waals surface area contributed by atoms with Gasteiger partial charge >= 0.3 is 0 Å². The molecule has 0 radical (unpaired) electrons. The maximum absolute atomic E-state index is 6.00. The van der Waals surface area contributed by atoms with Crippen LogP contribution in [-0.2, 0) is 11.3 Å². The number of nitrogens with one attached hydrogen (secondary N) is 2. The van der Waals surface area contributed by atoms with Crippen LogP contribution >= 0.6 is 24.0 Å². The van der Waals surface area contributed by atoms with E-state index in [0.717, 1.165) is 36.9 Å². The number of aryl methyl sites for hydroxylation is 1. The number of ether oxygens (including phenoxy) is 1. The highest BCUT2D eigenvalue weighted by atomic mass is 127. The Labute approximate surface area is 178 Å². The van der Waals surface area contributed by atoms with Gasteiger partial charge in [0.15, 0.2) is 5.96 Å². The second-order valence-electron chi connectivity index (χ2n) is 8.03. The van der Waals surface area contributed by atoms with Gasteiger partial charge in [-0.25, -0.2) is 4.99 Å². The third kappa shape index (κ3) is 3.58. The summed E-state index contributed by atoms with van der Waals surface area (Å²) in [5.74, 6) is 2.37. The molecule has 1 aliphatic heterocycles. The van der Waals surface area contributed by atoms with E-state index >= 15 is 0 Å². The lowest BCUT2D eigenvalue weighted by atomic mass is 9.57. The van der Waals surface area contributed by atoms with E-state index in [0.29, 0.717) is 24.6 Å². The van der Waals surface area contributed by atoms with Gasteiger partial charge in [0.2, 0.25) is 0 Å². The molecule has 1 aromatic heterocycles. The predicted molar refractivity (Wildman–Crippen MR) is 120 cm³/mol. The van der Waals surface area contributed by atoms with E-state index in [9.17, 15) is 0 Å². The van der Waals surface area contributed by atoms with E-state index in [-0.39, 0.29) is 29.4 Å². The summed E-state index contributed by atoms with van der Waals surface area (Å²) in [5, 5.41) is 8.20. The van der Waals surface area contributed by atoms with E-state index in [1.807, 2.05) is 18.2 Å². The highest BCUT2D eigenvalue weighted by molar-refractivity contribution is 14.0. The molecule has 4 rings (SSSR count). The number of guanidine groups is 1. The van der Waals surface area contributed by atoms with Crippen LogP contribution in [0.3, 0.4) is 0 Å². The Hall–Kier alpha value is -1.28. The fourth-order valence-corrected chi connectivity index (χ4v) is 4.61. The number of para-hydroxylation sites is 1. The smallest absolute Gasteiger partial charge is 0.191 e. The third-order valence-electron chi connectivity index (χ3n) is 6.06. The summed E-state index contributed by atoms with van der Waals surface area (Å²) in [7, 11) is 0. The van der Waals surface area contributed by atoms with Gasteiger partial charge in [0.25, 0.3) is 0 Å². The summed E-state index contributed by atoms with van der Waals surface area (Å²) < 4.78 is 11.9. The number of aliphatic imine (C=N–C) groups is 1. The Bertz CT molecular complexity index is 830. The van der Waals surface area contributed by atoms with Crippen molar-refractivity contribution in [1.29, 1.82) is 0 Å². The number of rotatable bonds is 4. The molecule has 1 aromatic carbocycles. The van der Waals surface area contributed by atoms with E-state index in [1.54, 1.807) is 0 Å². The van der Waals surface area contributed by atoms with Gasteiger partial charge in [-0.2, -0.15) is 0 Å². The molecule has 148 valence electrons. The summed E-state index contributed by atoms with van der Waals surface area (Å²) in [4.78, 5) is 4.80. The van der Waals surface area contributed by atoms with Gasteiger partial charge in [0, 0.05) is 41.5 Å². The summed E-state index contributed by atoms with van der Waals surface area (Å²) in [6.45, 7) is 11.0. The maximum Gasteiger partial charge on any atom is 0.191 e. The van der Waals surface area contributed by atoms with Crippen molar-refractivity contribution in [3.8, 4) is 0 Å². The number of hydrogen-bond acceptors (Lipinski definition) is 3. The SMILES string of the molecule is CCNC(=NCc1oc2ccccc2c1C)NC1C2CCOC2C1(C)C.I. The zero-order valence-electron chi connectivity index (χ0n) is 16.5. The number of halogens is 1. The van der Waals surface area contributed by atoms with Crippen LogP contribution in [0, 0.1) is 18.3 Å². The van der Waals surface area contributed by atoms with Gasteiger partial charge in [0.1, 0.15) is 17.9 Å². The van der Waals surface area contributed by atoms with Crippen LogP contribution in [0.15, 0.2) is 33.7 Å². The van der Waals surface area contributed by atoms with Gasteiger partial charge < -0.3 is 19.8 Å². The molecule has 27 heavy (non-hydrogen) atoms. The molecule has 1 saturated carbocycles. The number of nitrogens with zero attached hydrogens (tertiary/aromatic N) is 1. The first-order valence-corrected chi connectivity index (χ1v) is 9.65. The highest BCUT2D eigenvalue weighted by Crippen LogP contribution is 2.52. The van der Waals surface area contributed by atoms with Crippen molar-refractivity contribution in [1.82, 2.24) is 10.6 Å². The summed E-state index contributed by atoms with van der Waals surface area (Å²) >= 11 is 0. The summed E-state index contributed by atoms with van der Waals surface area (Å²) in [6.07, 6.45) is 1.51. The van der Waals surface area contributed by atoms with Crippen LogP contribution in [0.4, 0.5) is 0 Å². The van der Waals surface area contributed by atoms with E-state index in [1.165, 1.54) is 10.9 Å². The molecule has 6 heteroatoms. The molecule has 1 aliphatic carbocycles. The minimum Gasteiger partial charge on any atom is -0.459 e. The van der Waals surface area contributed by atoms with E-state index in [4.69, 9.17) is 14.1 Å². The lowest BCUT2D eigenvalue weighted by molar-refractivity contribution is -0.106. The zero-order chi connectivity index (χ0) is 18.3. The van der Waals surface area contributed by atoms with E-state index < -0.39 is 0 Å². The molecular formula is C21H30IN3O2. The van der Waals surface area contributed by atoms with Crippen molar-refractivity contribution in [2.75, 3.05) is 13.2 Å². The molecule has 2 N–H and O–H groups in total. The van der Waals surface area contributed by atoms with Crippen LogP contribution in [0.2, 0.25) is 0 Å². The van der Waals surface area contributed by atoms with Gasteiger partial charge in [-0.1, -0.05) is 32.0 Å². The first kappa shape index (κ1) is 20.5. The normalized spacial score (nSPS) is 26.2. The van der Waals surface area contributed by atoms with Crippen LogP contribution in [0.1, 0.15) is 38.5 Å². The Morgan fingerprint density at radius 1 is 1.30 bits per heavy atom. The van der Waals surface area contributed by atoms with Crippen molar-refractivity contribution >= 4 is 40.9 Å².